The molecule has 0 atom stereocenters. The van der Waals surface area contributed by atoms with Gasteiger partial charge in [-0.15, -0.1) is 5.10 Å². The second-order valence-corrected chi connectivity index (χ2v) is 7.58. The summed E-state index contributed by atoms with van der Waals surface area (Å²) in [6.07, 6.45) is 1.79. The molecular formula is C22H25N7O3. The summed E-state index contributed by atoms with van der Waals surface area (Å²) < 4.78 is 11.0. The molecule has 2 aromatic heterocycles. The number of ether oxygens (including phenoxy) is 2. The molecule has 4 aromatic rings. The minimum Gasteiger partial charge on any atom is -0.493 e. The number of amides is 1. The summed E-state index contributed by atoms with van der Waals surface area (Å²) in [5.41, 5.74) is 3.68. The highest BCUT2D eigenvalue weighted by atomic mass is 16.5. The maximum Gasteiger partial charge on any atom is 0.258 e. The van der Waals surface area contributed by atoms with E-state index in [1.54, 1.807) is 25.4 Å². The molecule has 0 spiro atoms. The molecule has 1 amide bonds. The number of nitrogens with one attached hydrogen (secondary N) is 4. The average molecular weight is 435 g/mol. The van der Waals surface area contributed by atoms with E-state index < -0.39 is 0 Å². The number of methoxy groups -OCH3 is 1. The number of hydrogen-bond acceptors (Lipinski definition) is 7. The molecule has 2 aromatic carbocycles. The molecule has 0 aliphatic rings. The Balaban J connectivity index is 1.49. The first-order valence-corrected chi connectivity index (χ1v) is 10.2. The molecule has 2 heterocycles. The minimum absolute atomic E-state index is 0.0509. The highest BCUT2D eigenvalue weighted by Crippen LogP contribution is 2.32. The molecule has 0 aliphatic heterocycles. The lowest BCUT2D eigenvalue weighted by atomic mass is 10.1. The normalized spacial score (nSPS) is 11.0. The maximum absolute atomic E-state index is 11.8. The Morgan fingerprint density at radius 3 is 2.78 bits per heavy atom. The average Bonchev–Trinajstić information content (AvgIpc) is 3.43. The van der Waals surface area contributed by atoms with Gasteiger partial charge in [0.05, 0.1) is 18.8 Å². The van der Waals surface area contributed by atoms with E-state index in [1.807, 2.05) is 39.0 Å². The molecule has 0 bridgehead atoms. The number of anilines is 2. The van der Waals surface area contributed by atoms with Crippen LogP contribution in [0.4, 0.5) is 11.6 Å². The molecule has 0 radical (unpaired) electrons. The van der Waals surface area contributed by atoms with Gasteiger partial charge in [0.25, 0.3) is 5.91 Å². The highest BCUT2D eigenvalue weighted by Gasteiger charge is 2.13. The summed E-state index contributed by atoms with van der Waals surface area (Å²) in [5, 5.41) is 21.3. The number of fused-ring (bicyclic) bond motifs is 1. The molecule has 4 N–H and O–H groups in total. The number of aryl methyl sites for hydroxylation is 1. The zero-order valence-electron chi connectivity index (χ0n) is 18.3. The van der Waals surface area contributed by atoms with Crippen LogP contribution in [0, 0.1) is 6.92 Å². The van der Waals surface area contributed by atoms with Gasteiger partial charge in [-0.3, -0.25) is 15.0 Å². The number of benzene rings is 2. The van der Waals surface area contributed by atoms with E-state index in [0.29, 0.717) is 23.3 Å². The summed E-state index contributed by atoms with van der Waals surface area (Å²) in [6.45, 7) is 5.71. The Kier molecular flexibility index (Phi) is 5.93. The van der Waals surface area contributed by atoms with Crippen molar-refractivity contribution in [2.75, 3.05) is 19.0 Å². The van der Waals surface area contributed by atoms with Crippen LogP contribution >= 0.6 is 0 Å². The van der Waals surface area contributed by atoms with E-state index in [4.69, 9.17) is 9.47 Å². The molecule has 0 aliphatic carbocycles. The number of aromatic amines is 2. The first-order chi connectivity index (χ1) is 15.4. The standard InChI is InChI=1S/C22H25N7O3/c1-12(2)24-20(30)11-32-18-8-5-14(9-19(18)31-4)21-26-22(29-28-21)25-16-6-7-17-15(13(16)3)10-23-27-17/h5-10,12H,11H2,1-4H3,(H,23,27)(H,24,30)(H2,25,26,28,29). The predicted octanol–water partition coefficient (Wildman–Crippen LogP) is 3.31. The zero-order valence-corrected chi connectivity index (χ0v) is 18.3. The van der Waals surface area contributed by atoms with Crippen LogP contribution in [0.1, 0.15) is 19.4 Å². The van der Waals surface area contributed by atoms with Crippen LogP contribution in [-0.2, 0) is 4.79 Å². The van der Waals surface area contributed by atoms with Gasteiger partial charge in [0.1, 0.15) is 0 Å². The number of hydrogen-bond donors (Lipinski definition) is 4. The molecule has 10 heteroatoms. The molecule has 0 saturated carbocycles. The van der Waals surface area contributed by atoms with E-state index in [9.17, 15) is 4.79 Å². The van der Waals surface area contributed by atoms with Crippen LogP contribution in [-0.4, -0.2) is 51.0 Å². The molecule has 0 fully saturated rings. The number of carbonyl (C=O) groups excluding carboxylic acids is 1. The van der Waals surface area contributed by atoms with Gasteiger partial charge in [-0.1, -0.05) is 0 Å². The van der Waals surface area contributed by atoms with Crippen LogP contribution < -0.4 is 20.1 Å². The van der Waals surface area contributed by atoms with E-state index in [-0.39, 0.29) is 18.6 Å². The smallest absolute Gasteiger partial charge is 0.258 e. The van der Waals surface area contributed by atoms with Crippen molar-refractivity contribution >= 4 is 28.4 Å². The SMILES string of the molecule is COc1cc(-c2nc(Nc3ccc4[nH]ncc4c3C)n[nH]2)ccc1OCC(=O)NC(C)C. The summed E-state index contributed by atoms with van der Waals surface area (Å²) in [4.78, 5) is 16.4. The third-order valence-corrected chi connectivity index (χ3v) is 4.87. The van der Waals surface area contributed by atoms with Crippen molar-refractivity contribution < 1.29 is 14.3 Å². The summed E-state index contributed by atoms with van der Waals surface area (Å²) in [7, 11) is 1.54. The first kappa shape index (κ1) is 21.2. The Morgan fingerprint density at radius 1 is 1.16 bits per heavy atom. The van der Waals surface area contributed by atoms with E-state index in [2.05, 4.69) is 36.0 Å². The van der Waals surface area contributed by atoms with Crippen LogP contribution in [0.3, 0.4) is 0 Å². The lowest BCUT2D eigenvalue weighted by Crippen LogP contribution is -2.34. The fourth-order valence-electron chi connectivity index (χ4n) is 3.30. The summed E-state index contributed by atoms with van der Waals surface area (Å²) >= 11 is 0. The molecule has 166 valence electrons. The van der Waals surface area contributed by atoms with Crippen molar-refractivity contribution in [1.82, 2.24) is 30.7 Å². The highest BCUT2D eigenvalue weighted by molar-refractivity contribution is 5.87. The molecule has 0 unspecified atom stereocenters. The zero-order chi connectivity index (χ0) is 22.7. The Labute approximate surface area is 184 Å². The summed E-state index contributed by atoms with van der Waals surface area (Å²) in [6, 6.07) is 9.31. The van der Waals surface area contributed by atoms with Gasteiger partial charge in [0.2, 0.25) is 5.95 Å². The lowest BCUT2D eigenvalue weighted by Gasteiger charge is -2.12. The fraction of sp³-hybridized carbons (Fsp3) is 0.273. The Bertz CT molecular complexity index is 1250. The third-order valence-electron chi connectivity index (χ3n) is 4.87. The molecular weight excluding hydrogens is 410 g/mol. The van der Waals surface area contributed by atoms with E-state index in [1.165, 1.54) is 0 Å². The van der Waals surface area contributed by atoms with E-state index >= 15 is 0 Å². The number of rotatable bonds is 8. The predicted molar refractivity (Wildman–Crippen MR) is 121 cm³/mol. The molecule has 0 saturated heterocycles. The summed E-state index contributed by atoms with van der Waals surface area (Å²) in [5.74, 6) is 1.78. The number of nitrogens with zero attached hydrogens (tertiary/aromatic N) is 3. The maximum atomic E-state index is 11.8. The van der Waals surface area contributed by atoms with E-state index in [0.717, 1.165) is 27.7 Å². The van der Waals surface area contributed by atoms with Crippen molar-refractivity contribution in [1.29, 1.82) is 0 Å². The monoisotopic (exact) mass is 435 g/mol. The minimum atomic E-state index is -0.194. The third kappa shape index (κ3) is 4.48. The van der Waals surface area contributed by atoms with Gasteiger partial charge < -0.3 is 20.1 Å². The number of carbonyl (C=O) groups is 1. The Morgan fingerprint density at radius 2 is 2.00 bits per heavy atom. The number of H-pyrrole nitrogens is 2. The quantitative estimate of drug-likeness (QED) is 0.334. The second-order valence-electron chi connectivity index (χ2n) is 7.58. The first-order valence-electron chi connectivity index (χ1n) is 10.2. The van der Waals surface area contributed by atoms with Crippen molar-refractivity contribution in [2.24, 2.45) is 0 Å². The Hall–Kier alpha value is -4.08. The van der Waals surface area contributed by atoms with Crippen molar-refractivity contribution in [3.8, 4) is 22.9 Å². The van der Waals surface area contributed by atoms with Crippen molar-refractivity contribution in [3.05, 3.63) is 42.1 Å². The molecule has 4 rings (SSSR count). The van der Waals surface area contributed by atoms with Gasteiger partial charge >= 0.3 is 0 Å². The number of aromatic nitrogens is 5. The van der Waals surface area contributed by atoms with Gasteiger partial charge in [-0.25, -0.2) is 0 Å². The second kappa shape index (κ2) is 8.96. The lowest BCUT2D eigenvalue weighted by molar-refractivity contribution is -0.123. The van der Waals surface area contributed by atoms with Crippen LogP contribution in [0.25, 0.3) is 22.3 Å². The van der Waals surface area contributed by atoms with Gasteiger partial charge in [0.15, 0.2) is 23.9 Å². The van der Waals surface area contributed by atoms with Crippen LogP contribution in [0.2, 0.25) is 0 Å². The fourth-order valence-corrected chi connectivity index (χ4v) is 3.30. The van der Waals surface area contributed by atoms with Gasteiger partial charge in [-0.05, 0) is 56.7 Å². The van der Waals surface area contributed by atoms with Crippen molar-refractivity contribution in [2.45, 2.75) is 26.8 Å². The van der Waals surface area contributed by atoms with Crippen LogP contribution in [0.5, 0.6) is 11.5 Å². The molecule has 10 nitrogen and oxygen atoms in total. The van der Waals surface area contributed by atoms with Gasteiger partial charge in [0, 0.05) is 22.7 Å². The van der Waals surface area contributed by atoms with Crippen LogP contribution in [0.15, 0.2) is 36.5 Å². The van der Waals surface area contributed by atoms with Gasteiger partial charge in [-0.2, -0.15) is 10.1 Å². The topological polar surface area (TPSA) is 130 Å². The van der Waals surface area contributed by atoms with Crippen molar-refractivity contribution in [3.63, 3.8) is 0 Å². The molecule has 32 heavy (non-hydrogen) atoms. The largest absolute Gasteiger partial charge is 0.493 e.